The number of rotatable bonds is 4. The van der Waals surface area contributed by atoms with Crippen molar-refractivity contribution < 1.29 is 14.3 Å². The third-order valence-corrected chi connectivity index (χ3v) is 4.83. The van der Waals surface area contributed by atoms with Crippen molar-refractivity contribution in [2.75, 3.05) is 6.61 Å². The van der Waals surface area contributed by atoms with Gasteiger partial charge in [-0.3, -0.25) is 9.48 Å². The zero-order valence-corrected chi connectivity index (χ0v) is 15.0. The topological polar surface area (TPSA) is 73.2 Å². The number of hydrogen-bond acceptors (Lipinski definition) is 4. The van der Waals surface area contributed by atoms with Gasteiger partial charge in [-0.25, -0.2) is 4.79 Å². The smallest absolute Gasteiger partial charge is 0.343 e. The molecule has 1 atom stereocenters. The molecule has 1 aromatic heterocycles. The first-order valence-corrected chi connectivity index (χ1v) is 8.58. The molecular weight excluding hydrogens is 342 g/mol. The molecule has 1 N–H and O–H groups in total. The van der Waals surface area contributed by atoms with Crippen molar-refractivity contribution in [3.63, 3.8) is 0 Å². The van der Waals surface area contributed by atoms with Crippen LogP contribution in [0.3, 0.4) is 0 Å². The summed E-state index contributed by atoms with van der Waals surface area (Å²) in [6.07, 6.45) is 2.92. The fourth-order valence-electron chi connectivity index (χ4n) is 3.21. The zero-order chi connectivity index (χ0) is 18.0. The van der Waals surface area contributed by atoms with E-state index < -0.39 is 5.97 Å². The minimum atomic E-state index is -0.644. The minimum Gasteiger partial charge on any atom is -0.452 e. The summed E-state index contributed by atoms with van der Waals surface area (Å²) in [5.41, 5.74) is 3.06. The molecule has 6 nitrogen and oxygen atoms in total. The maximum absolute atomic E-state index is 12.2. The summed E-state index contributed by atoms with van der Waals surface area (Å²) in [4.78, 5) is 24.3. The molecule has 1 aliphatic carbocycles. The van der Waals surface area contributed by atoms with Crippen LogP contribution in [0.15, 0.2) is 24.3 Å². The third kappa shape index (κ3) is 3.69. The van der Waals surface area contributed by atoms with Gasteiger partial charge < -0.3 is 10.1 Å². The summed E-state index contributed by atoms with van der Waals surface area (Å²) in [5, 5.41) is 7.21. The minimum absolute atomic E-state index is 0.0418. The Hall–Kier alpha value is -2.34. The molecule has 1 unspecified atom stereocenters. The molecule has 0 saturated heterocycles. The first-order valence-electron chi connectivity index (χ1n) is 8.20. The Balaban J connectivity index is 1.60. The number of benzene rings is 1. The lowest BCUT2D eigenvalue weighted by molar-refractivity contribution is -0.125. The van der Waals surface area contributed by atoms with E-state index in [-0.39, 0.29) is 29.3 Å². The van der Waals surface area contributed by atoms with E-state index in [9.17, 15) is 9.59 Å². The van der Waals surface area contributed by atoms with Gasteiger partial charge in [-0.05, 0) is 37.3 Å². The highest BCUT2D eigenvalue weighted by molar-refractivity contribution is 6.32. The largest absolute Gasteiger partial charge is 0.452 e. The fraction of sp³-hybridized carbons (Fsp3) is 0.389. The second kappa shape index (κ2) is 7.27. The van der Waals surface area contributed by atoms with Crippen LogP contribution in [0, 0.1) is 6.92 Å². The number of carbonyl (C=O) groups is 2. The van der Waals surface area contributed by atoms with E-state index in [0.29, 0.717) is 5.69 Å². The van der Waals surface area contributed by atoms with Crippen molar-refractivity contribution in [3.8, 4) is 0 Å². The summed E-state index contributed by atoms with van der Waals surface area (Å²) >= 11 is 6.04. The van der Waals surface area contributed by atoms with E-state index in [1.165, 1.54) is 10.2 Å². The lowest BCUT2D eigenvalue weighted by Crippen LogP contribution is -2.34. The van der Waals surface area contributed by atoms with Crippen LogP contribution < -0.4 is 5.32 Å². The molecule has 3 rings (SSSR count). The lowest BCUT2D eigenvalue weighted by atomic mass is 9.88. The van der Waals surface area contributed by atoms with Crippen molar-refractivity contribution in [1.29, 1.82) is 0 Å². The number of nitrogens with one attached hydrogen (secondary N) is 1. The van der Waals surface area contributed by atoms with Gasteiger partial charge in [0.2, 0.25) is 0 Å². The van der Waals surface area contributed by atoms with E-state index >= 15 is 0 Å². The summed E-state index contributed by atoms with van der Waals surface area (Å²) in [6, 6.07) is 8.05. The summed E-state index contributed by atoms with van der Waals surface area (Å²) in [6.45, 7) is 1.32. The average Bonchev–Trinajstić information content (AvgIpc) is 2.85. The second-order valence-electron chi connectivity index (χ2n) is 6.16. The molecule has 0 fully saturated rings. The average molecular weight is 362 g/mol. The number of halogens is 1. The standard InChI is InChI=1S/C18H20ClN3O3/c1-11-16(17(19)22(2)21-11)18(24)25-10-15(23)20-14-9-5-7-12-6-3-4-8-13(12)14/h3-4,6,8,14H,5,7,9-10H2,1-2H3,(H,20,23). The first-order chi connectivity index (χ1) is 12.0. The molecule has 1 aliphatic rings. The van der Waals surface area contributed by atoms with E-state index in [4.69, 9.17) is 16.3 Å². The molecule has 7 heteroatoms. The number of aryl methyl sites for hydroxylation is 3. The Labute approximate surface area is 151 Å². The molecule has 0 radical (unpaired) electrons. The summed E-state index contributed by atoms with van der Waals surface area (Å²) in [7, 11) is 1.64. The van der Waals surface area contributed by atoms with Crippen molar-refractivity contribution in [3.05, 3.63) is 51.8 Å². The van der Waals surface area contributed by atoms with Crippen molar-refractivity contribution in [2.45, 2.75) is 32.2 Å². The number of esters is 1. The van der Waals surface area contributed by atoms with Crippen LogP contribution in [0.4, 0.5) is 0 Å². The molecule has 132 valence electrons. The number of hydrogen-bond donors (Lipinski definition) is 1. The third-order valence-electron chi connectivity index (χ3n) is 4.40. The molecule has 0 saturated carbocycles. The Morgan fingerprint density at radius 1 is 1.40 bits per heavy atom. The quantitative estimate of drug-likeness (QED) is 0.850. The monoisotopic (exact) mass is 361 g/mol. The van der Waals surface area contributed by atoms with Crippen molar-refractivity contribution in [2.24, 2.45) is 7.05 Å². The Bertz CT molecular complexity index is 816. The maximum atomic E-state index is 12.2. The highest BCUT2D eigenvalue weighted by Gasteiger charge is 2.24. The molecule has 2 aromatic rings. The molecule has 0 bridgehead atoms. The number of ether oxygens (including phenoxy) is 1. The fourth-order valence-corrected chi connectivity index (χ4v) is 3.46. The van der Waals surface area contributed by atoms with Gasteiger partial charge in [0, 0.05) is 7.05 Å². The van der Waals surface area contributed by atoms with Crippen LogP contribution in [0.2, 0.25) is 5.15 Å². The molecule has 1 amide bonds. The summed E-state index contributed by atoms with van der Waals surface area (Å²) in [5.74, 6) is -0.970. The van der Waals surface area contributed by atoms with Gasteiger partial charge in [-0.1, -0.05) is 35.9 Å². The highest BCUT2D eigenvalue weighted by atomic mass is 35.5. The Morgan fingerprint density at radius 3 is 2.88 bits per heavy atom. The Kier molecular flexibility index (Phi) is 5.08. The van der Waals surface area contributed by atoms with Gasteiger partial charge in [0.25, 0.3) is 5.91 Å². The Morgan fingerprint density at radius 2 is 2.16 bits per heavy atom. The number of amides is 1. The zero-order valence-electron chi connectivity index (χ0n) is 14.2. The highest BCUT2D eigenvalue weighted by Crippen LogP contribution is 2.29. The maximum Gasteiger partial charge on any atom is 0.343 e. The molecule has 0 spiro atoms. The van der Waals surface area contributed by atoms with E-state index in [0.717, 1.165) is 24.8 Å². The van der Waals surface area contributed by atoms with Gasteiger partial charge in [0.05, 0.1) is 11.7 Å². The van der Waals surface area contributed by atoms with Gasteiger partial charge >= 0.3 is 5.97 Å². The molecule has 0 aliphatic heterocycles. The molecular formula is C18H20ClN3O3. The normalized spacial score (nSPS) is 16.2. The van der Waals surface area contributed by atoms with Gasteiger partial charge in [-0.15, -0.1) is 0 Å². The number of fused-ring (bicyclic) bond motifs is 1. The molecule has 1 aromatic carbocycles. The number of nitrogens with zero attached hydrogens (tertiary/aromatic N) is 2. The van der Waals surface area contributed by atoms with E-state index in [2.05, 4.69) is 16.5 Å². The first kappa shape index (κ1) is 17.5. The van der Waals surface area contributed by atoms with E-state index in [1.807, 2.05) is 18.2 Å². The summed E-state index contributed by atoms with van der Waals surface area (Å²) < 4.78 is 6.50. The van der Waals surface area contributed by atoms with Crippen LogP contribution in [0.5, 0.6) is 0 Å². The van der Waals surface area contributed by atoms with Gasteiger partial charge in [-0.2, -0.15) is 5.10 Å². The number of carbonyl (C=O) groups excluding carboxylic acids is 2. The molecule has 25 heavy (non-hydrogen) atoms. The van der Waals surface area contributed by atoms with Crippen LogP contribution >= 0.6 is 11.6 Å². The lowest BCUT2D eigenvalue weighted by Gasteiger charge is -2.26. The van der Waals surface area contributed by atoms with Gasteiger partial charge in [0.1, 0.15) is 10.7 Å². The van der Waals surface area contributed by atoms with Gasteiger partial charge in [0.15, 0.2) is 6.61 Å². The SMILES string of the molecule is Cc1nn(C)c(Cl)c1C(=O)OCC(=O)NC1CCCc2ccccc21. The predicted molar refractivity (Wildman–Crippen MR) is 93.5 cm³/mol. The van der Waals surface area contributed by atoms with Crippen molar-refractivity contribution >= 4 is 23.5 Å². The van der Waals surface area contributed by atoms with Crippen LogP contribution in [0.25, 0.3) is 0 Å². The van der Waals surface area contributed by atoms with Crippen LogP contribution in [-0.4, -0.2) is 28.3 Å². The molecule has 1 heterocycles. The van der Waals surface area contributed by atoms with Crippen LogP contribution in [0.1, 0.15) is 46.1 Å². The second-order valence-corrected chi connectivity index (χ2v) is 6.52. The predicted octanol–water partition coefficient (Wildman–Crippen LogP) is 2.73. The van der Waals surface area contributed by atoms with E-state index in [1.54, 1.807) is 14.0 Å². The van der Waals surface area contributed by atoms with Crippen molar-refractivity contribution in [1.82, 2.24) is 15.1 Å². The van der Waals surface area contributed by atoms with Crippen LogP contribution in [-0.2, 0) is 23.0 Å². The number of aromatic nitrogens is 2.